The van der Waals surface area contributed by atoms with Gasteiger partial charge < -0.3 is 10.6 Å². The quantitative estimate of drug-likeness (QED) is 0.670. The van der Waals surface area contributed by atoms with Gasteiger partial charge in [0.2, 0.25) is 0 Å². The normalized spacial score (nSPS) is 20.6. The van der Waals surface area contributed by atoms with Crippen molar-refractivity contribution in [1.82, 2.24) is 4.90 Å². The Morgan fingerprint density at radius 3 is 2.47 bits per heavy atom. The summed E-state index contributed by atoms with van der Waals surface area (Å²) in [5, 5.41) is 0. The largest absolute Gasteiger partial charge is 0.328 e. The molecule has 0 radical (unpaired) electrons. The molecule has 0 aliphatic heterocycles. The van der Waals surface area contributed by atoms with Crippen molar-refractivity contribution in [1.29, 1.82) is 0 Å². The van der Waals surface area contributed by atoms with Crippen molar-refractivity contribution < 1.29 is 0 Å². The summed E-state index contributed by atoms with van der Waals surface area (Å²) < 4.78 is 0. The molecule has 1 aliphatic rings. The van der Waals surface area contributed by atoms with E-state index in [1.54, 1.807) is 0 Å². The van der Waals surface area contributed by atoms with Gasteiger partial charge in [-0.2, -0.15) is 0 Å². The van der Waals surface area contributed by atoms with E-state index < -0.39 is 0 Å². The molecule has 2 heteroatoms. The van der Waals surface area contributed by atoms with E-state index in [1.165, 1.54) is 45.2 Å². The zero-order chi connectivity index (χ0) is 11.3. The Morgan fingerprint density at radius 2 is 1.93 bits per heavy atom. The first-order chi connectivity index (χ1) is 7.08. The third-order valence-electron chi connectivity index (χ3n) is 3.25. The monoisotopic (exact) mass is 212 g/mol. The molecule has 2 nitrogen and oxygen atoms in total. The van der Waals surface area contributed by atoms with Crippen LogP contribution in [0.3, 0.4) is 0 Å². The minimum absolute atomic E-state index is 0.376. The number of hydrogen-bond donors (Lipinski definition) is 1. The Morgan fingerprint density at radius 1 is 1.27 bits per heavy atom. The van der Waals surface area contributed by atoms with E-state index >= 15 is 0 Å². The third-order valence-corrected chi connectivity index (χ3v) is 3.25. The van der Waals surface area contributed by atoms with Gasteiger partial charge in [-0.25, -0.2) is 0 Å². The molecular weight excluding hydrogens is 184 g/mol. The molecule has 1 saturated carbocycles. The van der Waals surface area contributed by atoms with Crippen molar-refractivity contribution in [3.05, 3.63) is 0 Å². The van der Waals surface area contributed by atoms with Crippen LogP contribution >= 0.6 is 0 Å². The van der Waals surface area contributed by atoms with E-state index in [0.29, 0.717) is 6.04 Å². The van der Waals surface area contributed by atoms with Crippen LogP contribution in [0.1, 0.15) is 46.0 Å². The molecule has 1 rings (SSSR count). The van der Waals surface area contributed by atoms with Crippen molar-refractivity contribution >= 4 is 0 Å². The molecule has 2 atom stereocenters. The molecule has 15 heavy (non-hydrogen) atoms. The molecule has 2 N–H and O–H groups in total. The van der Waals surface area contributed by atoms with E-state index in [0.717, 1.165) is 11.8 Å². The van der Waals surface area contributed by atoms with Crippen LogP contribution in [0.25, 0.3) is 0 Å². The lowest BCUT2D eigenvalue weighted by atomic mass is 10.0. The zero-order valence-corrected chi connectivity index (χ0v) is 10.7. The zero-order valence-electron chi connectivity index (χ0n) is 10.7. The lowest BCUT2D eigenvalue weighted by Gasteiger charge is -2.21. The summed E-state index contributed by atoms with van der Waals surface area (Å²) in [4.78, 5) is 2.51. The summed E-state index contributed by atoms with van der Waals surface area (Å²) in [6.45, 7) is 7.04. The van der Waals surface area contributed by atoms with Crippen molar-refractivity contribution in [2.45, 2.75) is 52.0 Å². The molecule has 0 heterocycles. The first kappa shape index (κ1) is 13.0. The molecule has 2 unspecified atom stereocenters. The van der Waals surface area contributed by atoms with Crippen LogP contribution in [0.2, 0.25) is 0 Å². The maximum Gasteiger partial charge on any atom is 0.00104 e. The highest BCUT2D eigenvalue weighted by Gasteiger charge is 2.23. The van der Waals surface area contributed by atoms with E-state index in [2.05, 4.69) is 25.8 Å². The SMILES string of the molecule is CC(N)CCCC(C)CN(C)CC1CC1. The van der Waals surface area contributed by atoms with Gasteiger partial charge in [-0.15, -0.1) is 0 Å². The maximum absolute atomic E-state index is 5.74. The summed E-state index contributed by atoms with van der Waals surface area (Å²) >= 11 is 0. The topological polar surface area (TPSA) is 29.3 Å². The van der Waals surface area contributed by atoms with E-state index in [4.69, 9.17) is 5.73 Å². The van der Waals surface area contributed by atoms with E-state index in [9.17, 15) is 0 Å². The lowest BCUT2D eigenvalue weighted by Crippen LogP contribution is -2.26. The van der Waals surface area contributed by atoms with Gasteiger partial charge in [0.15, 0.2) is 0 Å². The summed E-state index contributed by atoms with van der Waals surface area (Å²) in [7, 11) is 2.26. The summed E-state index contributed by atoms with van der Waals surface area (Å²) in [6.07, 6.45) is 6.72. The molecule has 0 aromatic rings. The maximum atomic E-state index is 5.74. The fourth-order valence-corrected chi connectivity index (χ4v) is 2.23. The number of hydrogen-bond acceptors (Lipinski definition) is 2. The highest BCUT2D eigenvalue weighted by Crippen LogP contribution is 2.29. The van der Waals surface area contributed by atoms with Crippen molar-refractivity contribution in [2.75, 3.05) is 20.1 Å². The number of nitrogens with zero attached hydrogens (tertiary/aromatic N) is 1. The molecule has 0 aromatic carbocycles. The van der Waals surface area contributed by atoms with Crippen LogP contribution in [-0.2, 0) is 0 Å². The molecule has 90 valence electrons. The average molecular weight is 212 g/mol. The lowest BCUT2D eigenvalue weighted by molar-refractivity contribution is 0.265. The van der Waals surface area contributed by atoms with Gasteiger partial charge >= 0.3 is 0 Å². The first-order valence-corrected chi connectivity index (χ1v) is 6.52. The van der Waals surface area contributed by atoms with Gasteiger partial charge in [-0.05, 0) is 51.5 Å². The summed E-state index contributed by atoms with van der Waals surface area (Å²) in [5.41, 5.74) is 5.74. The number of rotatable bonds is 8. The molecule has 0 saturated heterocycles. The highest BCUT2D eigenvalue weighted by atomic mass is 15.1. The van der Waals surface area contributed by atoms with Crippen LogP contribution in [0, 0.1) is 11.8 Å². The Balaban J connectivity index is 1.98. The van der Waals surface area contributed by atoms with Crippen LogP contribution in [-0.4, -0.2) is 31.1 Å². The summed E-state index contributed by atoms with van der Waals surface area (Å²) in [6, 6.07) is 0.376. The van der Waals surface area contributed by atoms with Gasteiger partial charge in [0.25, 0.3) is 0 Å². The Kier molecular flexibility index (Phi) is 5.62. The van der Waals surface area contributed by atoms with Crippen LogP contribution in [0.15, 0.2) is 0 Å². The second kappa shape index (κ2) is 6.49. The minimum atomic E-state index is 0.376. The second-order valence-corrected chi connectivity index (χ2v) is 5.68. The molecule has 1 fully saturated rings. The van der Waals surface area contributed by atoms with Gasteiger partial charge in [0.1, 0.15) is 0 Å². The Bertz CT molecular complexity index is 164. The fraction of sp³-hybridized carbons (Fsp3) is 1.00. The fourth-order valence-electron chi connectivity index (χ4n) is 2.23. The molecular formula is C13H28N2. The van der Waals surface area contributed by atoms with Crippen molar-refractivity contribution in [2.24, 2.45) is 17.6 Å². The Labute approximate surface area is 95.2 Å². The molecule has 1 aliphatic carbocycles. The van der Waals surface area contributed by atoms with Gasteiger partial charge in [0.05, 0.1) is 0 Å². The molecule has 0 amide bonds. The second-order valence-electron chi connectivity index (χ2n) is 5.68. The van der Waals surface area contributed by atoms with Crippen molar-refractivity contribution in [3.63, 3.8) is 0 Å². The summed E-state index contributed by atoms with van der Waals surface area (Å²) in [5.74, 6) is 1.85. The predicted octanol–water partition coefficient (Wildman–Crippen LogP) is 2.48. The van der Waals surface area contributed by atoms with Gasteiger partial charge in [0, 0.05) is 19.1 Å². The van der Waals surface area contributed by atoms with Gasteiger partial charge in [-0.1, -0.05) is 13.3 Å². The van der Waals surface area contributed by atoms with Crippen LogP contribution < -0.4 is 5.73 Å². The van der Waals surface area contributed by atoms with E-state index in [1.807, 2.05) is 0 Å². The number of nitrogens with two attached hydrogens (primary N) is 1. The average Bonchev–Trinajstić information content (AvgIpc) is 2.86. The predicted molar refractivity (Wildman–Crippen MR) is 66.9 cm³/mol. The van der Waals surface area contributed by atoms with E-state index in [-0.39, 0.29) is 0 Å². The van der Waals surface area contributed by atoms with Crippen LogP contribution in [0.4, 0.5) is 0 Å². The van der Waals surface area contributed by atoms with Crippen LogP contribution in [0.5, 0.6) is 0 Å². The van der Waals surface area contributed by atoms with Crippen molar-refractivity contribution in [3.8, 4) is 0 Å². The molecule has 0 spiro atoms. The van der Waals surface area contributed by atoms with Gasteiger partial charge in [-0.3, -0.25) is 0 Å². The standard InChI is InChI=1S/C13H28N2/c1-11(5-4-6-12(2)14)9-15(3)10-13-7-8-13/h11-13H,4-10,14H2,1-3H3. The smallest absolute Gasteiger partial charge is 0.00104 e. The molecule has 0 aromatic heterocycles. The highest BCUT2D eigenvalue weighted by molar-refractivity contribution is 4.76. The minimum Gasteiger partial charge on any atom is -0.328 e. The molecule has 0 bridgehead atoms. The first-order valence-electron chi connectivity index (χ1n) is 6.52. The third kappa shape index (κ3) is 6.91. The Hall–Kier alpha value is -0.0800.